The summed E-state index contributed by atoms with van der Waals surface area (Å²) in [6, 6.07) is 1.70. The Balaban J connectivity index is 2.48. The number of carbonyl (C=O) groups is 1. The van der Waals surface area contributed by atoms with Crippen molar-refractivity contribution in [3.8, 4) is 0 Å². The number of carbonyl (C=O) groups excluding carboxylic acids is 1. The Hall–Kier alpha value is -1.78. The van der Waals surface area contributed by atoms with Gasteiger partial charge in [-0.15, -0.1) is 0 Å². The predicted molar refractivity (Wildman–Crippen MR) is 45.8 cm³/mol. The van der Waals surface area contributed by atoms with Gasteiger partial charge in [-0.1, -0.05) is 0 Å². The van der Waals surface area contributed by atoms with Crippen LogP contribution in [-0.2, 0) is 4.79 Å². The lowest BCUT2D eigenvalue weighted by atomic mass is 10.2. The smallest absolute Gasteiger partial charge is 0.243 e. The van der Waals surface area contributed by atoms with Gasteiger partial charge in [-0.3, -0.25) is 4.79 Å². The van der Waals surface area contributed by atoms with Crippen LogP contribution >= 0.6 is 0 Å². The number of pyridine rings is 1. The topological polar surface area (TPSA) is 80.0 Å². The molecule has 5 nitrogen and oxygen atoms in total. The number of amides is 1. The van der Waals surface area contributed by atoms with E-state index < -0.39 is 0 Å². The van der Waals surface area contributed by atoms with Crippen LogP contribution in [0.5, 0.6) is 0 Å². The molecule has 0 fully saturated rings. The molecule has 0 spiro atoms. The lowest BCUT2D eigenvalue weighted by Crippen LogP contribution is -2.28. The minimum atomic E-state index is -0.0619. The third kappa shape index (κ3) is 0.952. The third-order valence-electron chi connectivity index (χ3n) is 1.68. The van der Waals surface area contributed by atoms with Crippen LogP contribution in [0.1, 0.15) is 0 Å². The highest BCUT2D eigenvalue weighted by atomic mass is 16.2. The Kier molecular flexibility index (Phi) is 1.36. The van der Waals surface area contributed by atoms with Gasteiger partial charge in [0.15, 0.2) is 0 Å². The van der Waals surface area contributed by atoms with E-state index in [9.17, 15) is 4.79 Å². The molecule has 0 saturated carbocycles. The molecule has 12 heavy (non-hydrogen) atoms. The van der Waals surface area contributed by atoms with Crippen molar-refractivity contribution >= 4 is 23.1 Å². The summed E-state index contributed by atoms with van der Waals surface area (Å²) >= 11 is 0. The molecule has 0 aliphatic carbocycles. The van der Waals surface area contributed by atoms with Gasteiger partial charge in [-0.2, -0.15) is 0 Å². The first kappa shape index (κ1) is 6.90. The molecule has 1 amide bonds. The summed E-state index contributed by atoms with van der Waals surface area (Å²) < 4.78 is 0. The van der Waals surface area contributed by atoms with E-state index in [1.54, 1.807) is 12.3 Å². The quantitative estimate of drug-likeness (QED) is 0.505. The highest BCUT2D eigenvalue weighted by Gasteiger charge is 2.15. The van der Waals surface area contributed by atoms with Gasteiger partial charge in [0.05, 0.1) is 12.2 Å². The lowest BCUT2D eigenvalue weighted by molar-refractivity contribution is -0.114. The molecule has 5 heteroatoms. The molecule has 62 valence electrons. The van der Waals surface area contributed by atoms with Crippen LogP contribution in [0.3, 0.4) is 0 Å². The van der Waals surface area contributed by atoms with E-state index in [0.29, 0.717) is 17.2 Å². The summed E-state index contributed by atoms with van der Waals surface area (Å²) in [5.41, 5.74) is 6.96. The number of nitrogens with two attached hydrogens (primary N) is 1. The Labute approximate surface area is 69.0 Å². The molecule has 0 unspecified atom stereocenters. The van der Waals surface area contributed by atoms with Gasteiger partial charge in [0, 0.05) is 6.20 Å². The monoisotopic (exact) mass is 164 g/mol. The van der Waals surface area contributed by atoms with Crippen molar-refractivity contribution in [3.63, 3.8) is 0 Å². The van der Waals surface area contributed by atoms with E-state index in [1.165, 1.54) is 0 Å². The molecule has 0 aromatic carbocycles. The van der Waals surface area contributed by atoms with Gasteiger partial charge in [0.25, 0.3) is 0 Å². The van der Waals surface area contributed by atoms with Gasteiger partial charge in [0.1, 0.15) is 11.5 Å². The van der Waals surface area contributed by atoms with Gasteiger partial charge in [-0.25, -0.2) is 4.98 Å². The standard InChI is InChI=1S/C7H8N4O/c8-7-6-4(1-2-9-7)11-5(12)3-10-6/h1-2,10H,3H2,(H2,8,9)(H,11,12). The summed E-state index contributed by atoms with van der Waals surface area (Å²) in [6.07, 6.45) is 1.56. The molecular formula is C7H8N4O. The first-order valence-electron chi connectivity index (χ1n) is 3.55. The largest absolute Gasteiger partial charge is 0.382 e. The van der Waals surface area contributed by atoms with Crippen molar-refractivity contribution in [2.24, 2.45) is 0 Å². The maximum absolute atomic E-state index is 10.9. The molecule has 1 aromatic rings. The van der Waals surface area contributed by atoms with Crippen molar-refractivity contribution in [3.05, 3.63) is 12.3 Å². The van der Waals surface area contributed by atoms with Crippen LogP contribution in [0.25, 0.3) is 0 Å². The molecule has 0 atom stereocenters. The number of aromatic nitrogens is 1. The van der Waals surface area contributed by atoms with Crippen molar-refractivity contribution < 1.29 is 4.79 Å². The second-order valence-electron chi connectivity index (χ2n) is 2.52. The molecule has 0 bridgehead atoms. The number of nitrogen functional groups attached to an aromatic ring is 1. The number of anilines is 3. The fraction of sp³-hybridized carbons (Fsp3) is 0.143. The Morgan fingerprint density at radius 1 is 1.58 bits per heavy atom. The lowest BCUT2D eigenvalue weighted by Gasteiger charge is -2.18. The fourth-order valence-electron chi connectivity index (χ4n) is 1.13. The minimum absolute atomic E-state index is 0.0619. The molecule has 0 saturated heterocycles. The summed E-state index contributed by atoms with van der Waals surface area (Å²) in [6.45, 7) is 0.253. The molecule has 1 aromatic heterocycles. The molecule has 0 radical (unpaired) electrons. The van der Waals surface area contributed by atoms with Crippen LogP contribution in [0, 0.1) is 0 Å². The van der Waals surface area contributed by atoms with Crippen LogP contribution in [-0.4, -0.2) is 17.4 Å². The average molecular weight is 164 g/mol. The second kappa shape index (κ2) is 2.37. The zero-order valence-corrected chi connectivity index (χ0v) is 6.29. The number of hydrogen-bond donors (Lipinski definition) is 3. The van der Waals surface area contributed by atoms with Crippen LogP contribution in [0.2, 0.25) is 0 Å². The van der Waals surface area contributed by atoms with Gasteiger partial charge >= 0.3 is 0 Å². The van der Waals surface area contributed by atoms with Crippen LogP contribution in [0.15, 0.2) is 12.3 Å². The van der Waals surface area contributed by atoms with E-state index in [0.717, 1.165) is 0 Å². The minimum Gasteiger partial charge on any atom is -0.382 e. The number of hydrogen-bond acceptors (Lipinski definition) is 4. The SMILES string of the molecule is Nc1nccc2c1NCC(=O)N2. The summed E-state index contributed by atoms with van der Waals surface area (Å²) in [5.74, 6) is 0.348. The first-order chi connectivity index (χ1) is 5.77. The fourth-order valence-corrected chi connectivity index (χ4v) is 1.13. The van der Waals surface area contributed by atoms with Crippen LogP contribution in [0.4, 0.5) is 17.2 Å². The van der Waals surface area contributed by atoms with Crippen LogP contribution < -0.4 is 16.4 Å². The molecule has 2 heterocycles. The zero-order chi connectivity index (χ0) is 8.55. The predicted octanol–water partition coefficient (Wildman–Crippen LogP) is 0.0278. The van der Waals surface area contributed by atoms with E-state index >= 15 is 0 Å². The van der Waals surface area contributed by atoms with Crippen molar-refractivity contribution in [2.45, 2.75) is 0 Å². The highest BCUT2D eigenvalue weighted by Crippen LogP contribution is 2.27. The van der Waals surface area contributed by atoms with Crippen molar-refractivity contribution in [2.75, 3.05) is 22.9 Å². The summed E-state index contributed by atoms with van der Waals surface area (Å²) in [5, 5.41) is 5.56. The Morgan fingerprint density at radius 3 is 3.25 bits per heavy atom. The molecule has 1 aliphatic heterocycles. The molecule has 4 N–H and O–H groups in total. The Morgan fingerprint density at radius 2 is 2.42 bits per heavy atom. The zero-order valence-electron chi connectivity index (χ0n) is 6.29. The summed E-state index contributed by atoms with van der Waals surface area (Å²) in [4.78, 5) is 14.8. The number of nitrogens with one attached hydrogen (secondary N) is 2. The van der Waals surface area contributed by atoms with E-state index in [4.69, 9.17) is 5.73 Å². The van der Waals surface area contributed by atoms with E-state index in [1.807, 2.05) is 0 Å². The normalized spacial score (nSPS) is 14.5. The van der Waals surface area contributed by atoms with E-state index in [-0.39, 0.29) is 12.5 Å². The third-order valence-corrected chi connectivity index (χ3v) is 1.68. The maximum atomic E-state index is 10.9. The van der Waals surface area contributed by atoms with Gasteiger partial charge < -0.3 is 16.4 Å². The molecular weight excluding hydrogens is 156 g/mol. The molecule has 2 rings (SSSR count). The Bertz CT molecular complexity index is 336. The molecule has 1 aliphatic rings. The van der Waals surface area contributed by atoms with Gasteiger partial charge in [0.2, 0.25) is 5.91 Å². The maximum Gasteiger partial charge on any atom is 0.243 e. The van der Waals surface area contributed by atoms with Gasteiger partial charge in [-0.05, 0) is 6.07 Å². The number of nitrogens with zero attached hydrogens (tertiary/aromatic N) is 1. The summed E-state index contributed by atoms with van der Waals surface area (Å²) in [7, 11) is 0. The second-order valence-corrected chi connectivity index (χ2v) is 2.52. The first-order valence-corrected chi connectivity index (χ1v) is 3.55. The number of rotatable bonds is 0. The van der Waals surface area contributed by atoms with E-state index in [2.05, 4.69) is 15.6 Å². The van der Waals surface area contributed by atoms with Crippen molar-refractivity contribution in [1.29, 1.82) is 0 Å². The average Bonchev–Trinajstić information content (AvgIpc) is 2.04. The number of fused-ring (bicyclic) bond motifs is 1. The highest BCUT2D eigenvalue weighted by molar-refractivity contribution is 6.02. The van der Waals surface area contributed by atoms with Crippen molar-refractivity contribution in [1.82, 2.24) is 4.98 Å².